The summed E-state index contributed by atoms with van der Waals surface area (Å²) in [5, 5.41) is 9.51. The fourth-order valence-corrected chi connectivity index (χ4v) is 1.90. The molecule has 15 heavy (non-hydrogen) atoms. The van der Waals surface area contributed by atoms with Crippen LogP contribution in [0.15, 0.2) is 0 Å². The molecule has 0 spiro atoms. The van der Waals surface area contributed by atoms with Gasteiger partial charge < -0.3 is 9.84 Å². The van der Waals surface area contributed by atoms with E-state index in [2.05, 4.69) is 0 Å². The van der Waals surface area contributed by atoms with Crippen molar-refractivity contribution in [1.29, 1.82) is 0 Å². The first-order chi connectivity index (χ1) is 7.11. The van der Waals surface area contributed by atoms with Gasteiger partial charge in [-0.3, -0.25) is 4.79 Å². The largest absolute Gasteiger partial charge is 0.385 e. The lowest BCUT2D eigenvalue weighted by atomic mass is 9.98. The number of hydrogen-bond acceptors (Lipinski definition) is 3. The zero-order chi connectivity index (χ0) is 11.3. The quantitative estimate of drug-likeness (QED) is 0.734. The lowest BCUT2D eigenvalue weighted by molar-refractivity contribution is -0.129. The molecule has 1 fully saturated rings. The van der Waals surface area contributed by atoms with Crippen LogP contribution in [-0.4, -0.2) is 29.7 Å². The molecule has 1 N–H and O–H groups in total. The van der Waals surface area contributed by atoms with Gasteiger partial charge in [0.15, 0.2) is 5.78 Å². The molecule has 1 saturated heterocycles. The van der Waals surface area contributed by atoms with Gasteiger partial charge >= 0.3 is 0 Å². The minimum absolute atomic E-state index is 0.0250. The highest BCUT2D eigenvalue weighted by molar-refractivity contribution is 5.82. The molecule has 3 nitrogen and oxygen atoms in total. The maximum Gasteiger partial charge on any atom is 0.161 e. The SMILES string of the molecule is CC(C)C(O)C(=O)CCCC1CCCO1. The van der Waals surface area contributed by atoms with Gasteiger partial charge in [-0.25, -0.2) is 0 Å². The highest BCUT2D eigenvalue weighted by Crippen LogP contribution is 2.18. The third-order valence-electron chi connectivity index (χ3n) is 2.93. The molecule has 1 aliphatic rings. The average molecular weight is 214 g/mol. The summed E-state index contributed by atoms with van der Waals surface area (Å²) in [5.74, 6) is 0.00299. The number of aliphatic hydroxyl groups excluding tert-OH is 1. The third kappa shape index (κ3) is 4.31. The number of ether oxygens (including phenoxy) is 1. The number of carbonyl (C=O) groups is 1. The van der Waals surface area contributed by atoms with Gasteiger partial charge in [-0.15, -0.1) is 0 Å². The van der Waals surface area contributed by atoms with Crippen molar-refractivity contribution in [1.82, 2.24) is 0 Å². The van der Waals surface area contributed by atoms with Crippen molar-refractivity contribution >= 4 is 5.78 Å². The summed E-state index contributed by atoms with van der Waals surface area (Å²) >= 11 is 0. The van der Waals surface area contributed by atoms with E-state index in [1.807, 2.05) is 13.8 Å². The van der Waals surface area contributed by atoms with Crippen LogP contribution in [0.1, 0.15) is 46.0 Å². The van der Waals surface area contributed by atoms with Gasteiger partial charge in [0.25, 0.3) is 0 Å². The molecule has 3 heteroatoms. The van der Waals surface area contributed by atoms with Crippen molar-refractivity contribution in [3.8, 4) is 0 Å². The monoisotopic (exact) mass is 214 g/mol. The fraction of sp³-hybridized carbons (Fsp3) is 0.917. The molecule has 0 radical (unpaired) electrons. The number of Topliss-reactive ketones (excluding diaryl/α,β-unsaturated/α-hetero) is 1. The van der Waals surface area contributed by atoms with E-state index in [4.69, 9.17) is 4.74 Å². The molecule has 0 bridgehead atoms. The van der Waals surface area contributed by atoms with Crippen LogP contribution in [0.5, 0.6) is 0 Å². The van der Waals surface area contributed by atoms with Gasteiger partial charge in [-0.1, -0.05) is 13.8 Å². The van der Waals surface area contributed by atoms with Crippen LogP contribution in [0.4, 0.5) is 0 Å². The highest BCUT2D eigenvalue weighted by atomic mass is 16.5. The highest BCUT2D eigenvalue weighted by Gasteiger charge is 2.20. The third-order valence-corrected chi connectivity index (χ3v) is 2.93. The smallest absolute Gasteiger partial charge is 0.161 e. The van der Waals surface area contributed by atoms with Gasteiger partial charge in [0.05, 0.1) is 6.10 Å². The molecule has 0 aromatic heterocycles. The van der Waals surface area contributed by atoms with Crippen LogP contribution in [0.25, 0.3) is 0 Å². The Kier molecular flexibility index (Phi) is 5.26. The Morgan fingerprint density at radius 2 is 2.27 bits per heavy atom. The number of rotatable bonds is 6. The van der Waals surface area contributed by atoms with Crippen LogP contribution < -0.4 is 0 Å². The minimum Gasteiger partial charge on any atom is -0.385 e. The minimum atomic E-state index is -0.783. The van der Waals surface area contributed by atoms with Crippen molar-refractivity contribution in [3.05, 3.63) is 0 Å². The molecule has 0 saturated carbocycles. The maximum atomic E-state index is 11.5. The molecule has 1 rings (SSSR count). The van der Waals surface area contributed by atoms with E-state index in [0.29, 0.717) is 12.5 Å². The van der Waals surface area contributed by atoms with Gasteiger partial charge in [0, 0.05) is 13.0 Å². The van der Waals surface area contributed by atoms with Crippen molar-refractivity contribution in [2.75, 3.05) is 6.61 Å². The predicted molar refractivity (Wildman–Crippen MR) is 58.7 cm³/mol. The Hall–Kier alpha value is -0.410. The zero-order valence-corrected chi connectivity index (χ0v) is 9.74. The Bertz CT molecular complexity index is 195. The lowest BCUT2D eigenvalue weighted by Crippen LogP contribution is -2.26. The van der Waals surface area contributed by atoms with Crippen LogP contribution in [0.2, 0.25) is 0 Å². The molecular weight excluding hydrogens is 192 g/mol. The van der Waals surface area contributed by atoms with Crippen LogP contribution in [0.3, 0.4) is 0 Å². The van der Waals surface area contributed by atoms with E-state index in [-0.39, 0.29) is 11.7 Å². The van der Waals surface area contributed by atoms with E-state index in [9.17, 15) is 9.90 Å². The molecule has 2 atom stereocenters. The van der Waals surface area contributed by atoms with Crippen LogP contribution in [-0.2, 0) is 9.53 Å². The van der Waals surface area contributed by atoms with E-state index in [1.54, 1.807) is 0 Å². The van der Waals surface area contributed by atoms with Gasteiger partial charge in [0.1, 0.15) is 6.10 Å². The molecule has 0 aromatic rings. The number of carbonyl (C=O) groups excluding carboxylic acids is 1. The number of hydrogen-bond donors (Lipinski definition) is 1. The Labute approximate surface area is 91.8 Å². The van der Waals surface area contributed by atoms with Crippen molar-refractivity contribution in [2.45, 2.75) is 58.2 Å². The Morgan fingerprint density at radius 3 is 2.80 bits per heavy atom. The zero-order valence-electron chi connectivity index (χ0n) is 9.74. The summed E-state index contributed by atoms with van der Waals surface area (Å²) < 4.78 is 5.47. The summed E-state index contributed by atoms with van der Waals surface area (Å²) in [6.45, 7) is 4.60. The van der Waals surface area contributed by atoms with Gasteiger partial charge in [-0.05, 0) is 31.6 Å². The summed E-state index contributed by atoms with van der Waals surface area (Å²) in [7, 11) is 0. The summed E-state index contributed by atoms with van der Waals surface area (Å²) in [6, 6.07) is 0. The van der Waals surface area contributed by atoms with Crippen molar-refractivity contribution in [3.63, 3.8) is 0 Å². The molecule has 0 aromatic carbocycles. The second-order valence-corrected chi connectivity index (χ2v) is 4.68. The molecular formula is C12H22O3. The molecule has 88 valence electrons. The van der Waals surface area contributed by atoms with Gasteiger partial charge in [0.2, 0.25) is 0 Å². The van der Waals surface area contributed by atoms with E-state index < -0.39 is 6.10 Å². The summed E-state index contributed by atoms with van der Waals surface area (Å²) in [4.78, 5) is 11.5. The van der Waals surface area contributed by atoms with E-state index in [0.717, 1.165) is 32.3 Å². The van der Waals surface area contributed by atoms with Gasteiger partial charge in [-0.2, -0.15) is 0 Å². The molecule has 1 heterocycles. The first-order valence-corrected chi connectivity index (χ1v) is 5.93. The molecule has 2 unspecified atom stereocenters. The predicted octanol–water partition coefficient (Wildman–Crippen LogP) is 1.92. The van der Waals surface area contributed by atoms with Crippen LogP contribution >= 0.6 is 0 Å². The van der Waals surface area contributed by atoms with Crippen molar-refractivity contribution < 1.29 is 14.6 Å². The first-order valence-electron chi connectivity index (χ1n) is 5.93. The molecule has 1 aliphatic heterocycles. The normalized spacial score (nSPS) is 23.3. The lowest BCUT2D eigenvalue weighted by Gasteiger charge is -2.13. The van der Waals surface area contributed by atoms with Crippen LogP contribution in [0, 0.1) is 5.92 Å². The average Bonchev–Trinajstić information content (AvgIpc) is 2.69. The standard InChI is InChI=1S/C12H22O3/c1-9(2)12(14)11(13)7-3-5-10-6-4-8-15-10/h9-10,12,14H,3-8H2,1-2H3. The molecule has 0 amide bonds. The second kappa shape index (κ2) is 6.23. The molecule has 0 aliphatic carbocycles. The number of aliphatic hydroxyl groups is 1. The first kappa shape index (κ1) is 12.7. The van der Waals surface area contributed by atoms with Crippen molar-refractivity contribution in [2.24, 2.45) is 5.92 Å². The summed E-state index contributed by atoms with van der Waals surface area (Å²) in [6.07, 6.45) is 4.13. The Morgan fingerprint density at radius 1 is 1.53 bits per heavy atom. The maximum absolute atomic E-state index is 11.5. The fourth-order valence-electron chi connectivity index (χ4n) is 1.90. The van der Waals surface area contributed by atoms with E-state index >= 15 is 0 Å². The summed E-state index contributed by atoms with van der Waals surface area (Å²) in [5.41, 5.74) is 0. The topological polar surface area (TPSA) is 46.5 Å². The van der Waals surface area contributed by atoms with E-state index in [1.165, 1.54) is 0 Å². The number of ketones is 1. The second-order valence-electron chi connectivity index (χ2n) is 4.68. The Balaban J connectivity index is 2.11.